The van der Waals surface area contributed by atoms with Crippen LogP contribution in [0.3, 0.4) is 0 Å². The van der Waals surface area contributed by atoms with E-state index < -0.39 is 5.97 Å². The SMILES string of the molecule is CCOC(=O)c1nn(-c2cccc(OC)c2)cc1I. The minimum absolute atomic E-state index is 0.324. The van der Waals surface area contributed by atoms with Crippen molar-refractivity contribution < 1.29 is 14.3 Å². The van der Waals surface area contributed by atoms with Gasteiger partial charge in [0.25, 0.3) is 0 Å². The van der Waals surface area contributed by atoms with Crippen molar-refractivity contribution in [3.05, 3.63) is 39.7 Å². The largest absolute Gasteiger partial charge is 0.497 e. The maximum absolute atomic E-state index is 11.7. The highest BCUT2D eigenvalue weighted by atomic mass is 127. The second kappa shape index (κ2) is 6.05. The van der Waals surface area contributed by atoms with E-state index in [4.69, 9.17) is 9.47 Å². The van der Waals surface area contributed by atoms with Gasteiger partial charge in [-0.3, -0.25) is 0 Å². The van der Waals surface area contributed by atoms with Gasteiger partial charge in [0.05, 0.1) is 23.0 Å². The lowest BCUT2D eigenvalue weighted by Gasteiger charge is -2.04. The number of rotatable bonds is 4. The maximum atomic E-state index is 11.7. The van der Waals surface area contributed by atoms with E-state index in [1.54, 1.807) is 24.9 Å². The normalized spacial score (nSPS) is 10.3. The molecule has 0 saturated carbocycles. The Bertz CT molecular complexity index is 595. The molecule has 5 nitrogen and oxygen atoms in total. The van der Waals surface area contributed by atoms with E-state index >= 15 is 0 Å². The first kappa shape index (κ1) is 13.9. The Morgan fingerprint density at radius 2 is 2.26 bits per heavy atom. The molecule has 0 atom stereocenters. The molecular formula is C13H13IN2O3. The molecular weight excluding hydrogens is 359 g/mol. The Morgan fingerprint density at radius 1 is 1.47 bits per heavy atom. The molecule has 0 radical (unpaired) electrons. The molecule has 2 aromatic rings. The van der Waals surface area contributed by atoms with Crippen LogP contribution in [-0.4, -0.2) is 29.5 Å². The lowest BCUT2D eigenvalue weighted by Crippen LogP contribution is -2.07. The van der Waals surface area contributed by atoms with E-state index in [1.165, 1.54) is 0 Å². The van der Waals surface area contributed by atoms with Gasteiger partial charge in [-0.05, 0) is 41.6 Å². The van der Waals surface area contributed by atoms with E-state index in [1.807, 2.05) is 24.3 Å². The van der Waals surface area contributed by atoms with E-state index in [2.05, 4.69) is 27.7 Å². The molecule has 6 heteroatoms. The smallest absolute Gasteiger partial charge is 0.359 e. The van der Waals surface area contributed by atoms with Crippen molar-refractivity contribution in [3.63, 3.8) is 0 Å². The van der Waals surface area contributed by atoms with Crippen molar-refractivity contribution in [3.8, 4) is 11.4 Å². The quantitative estimate of drug-likeness (QED) is 0.612. The van der Waals surface area contributed by atoms with Crippen LogP contribution in [0.1, 0.15) is 17.4 Å². The highest BCUT2D eigenvalue weighted by Crippen LogP contribution is 2.19. The summed E-state index contributed by atoms with van der Waals surface area (Å²) in [5.74, 6) is 0.328. The standard InChI is InChI=1S/C13H13IN2O3/c1-3-19-13(17)12-11(14)8-16(15-12)9-5-4-6-10(7-9)18-2/h4-8H,3H2,1-2H3. The van der Waals surface area contributed by atoms with Crippen LogP contribution in [0.15, 0.2) is 30.5 Å². The molecule has 0 bridgehead atoms. The molecule has 0 N–H and O–H groups in total. The minimum Gasteiger partial charge on any atom is -0.497 e. The molecule has 0 aliphatic rings. The van der Waals surface area contributed by atoms with Gasteiger partial charge < -0.3 is 9.47 Å². The van der Waals surface area contributed by atoms with E-state index in [0.717, 1.165) is 15.0 Å². The molecule has 0 unspecified atom stereocenters. The number of ether oxygens (including phenoxy) is 2. The number of benzene rings is 1. The predicted octanol–water partition coefficient (Wildman–Crippen LogP) is 2.66. The number of hydrogen-bond acceptors (Lipinski definition) is 4. The number of nitrogens with zero attached hydrogens (tertiary/aromatic N) is 2. The molecule has 2 rings (SSSR count). The molecule has 100 valence electrons. The Kier molecular flexibility index (Phi) is 4.41. The zero-order valence-corrected chi connectivity index (χ0v) is 12.7. The second-order valence-corrected chi connectivity index (χ2v) is 4.85. The average molecular weight is 372 g/mol. The minimum atomic E-state index is -0.409. The van der Waals surface area contributed by atoms with Crippen molar-refractivity contribution in [1.82, 2.24) is 9.78 Å². The van der Waals surface area contributed by atoms with Gasteiger partial charge in [-0.25, -0.2) is 9.48 Å². The lowest BCUT2D eigenvalue weighted by molar-refractivity contribution is 0.0517. The molecule has 0 saturated heterocycles. The van der Waals surface area contributed by atoms with Gasteiger partial charge in [0.2, 0.25) is 0 Å². The van der Waals surface area contributed by atoms with E-state index in [9.17, 15) is 4.79 Å². The van der Waals surface area contributed by atoms with Gasteiger partial charge >= 0.3 is 5.97 Å². The zero-order valence-electron chi connectivity index (χ0n) is 10.6. The molecule has 0 amide bonds. The van der Waals surface area contributed by atoms with Crippen LogP contribution in [0.2, 0.25) is 0 Å². The Morgan fingerprint density at radius 3 is 2.95 bits per heavy atom. The number of esters is 1. The third kappa shape index (κ3) is 3.06. The fourth-order valence-corrected chi connectivity index (χ4v) is 2.17. The first-order chi connectivity index (χ1) is 9.15. The van der Waals surface area contributed by atoms with Crippen LogP contribution < -0.4 is 4.74 Å². The van der Waals surface area contributed by atoms with E-state index in [-0.39, 0.29) is 0 Å². The highest BCUT2D eigenvalue weighted by molar-refractivity contribution is 14.1. The van der Waals surface area contributed by atoms with Crippen LogP contribution in [0.25, 0.3) is 5.69 Å². The van der Waals surface area contributed by atoms with Gasteiger partial charge in [0, 0.05) is 12.3 Å². The van der Waals surface area contributed by atoms with Gasteiger partial charge in [-0.15, -0.1) is 0 Å². The molecule has 1 aromatic carbocycles. The molecule has 1 heterocycles. The summed E-state index contributed by atoms with van der Waals surface area (Å²) < 4.78 is 12.5. The molecule has 19 heavy (non-hydrogen) atoms. The highest BCUT2D eigenvalue weighted by Gasteiger charge is 2.16. The first-order valence-electron chi connectivity index (χ1n) is 5.72. The molecule has 0 aliphatic heterocycles. The third-order valence-corrected chi connectivity index (χ3v) is 3.25. The van der Waals surface area contributed by atoms with E-state index in [0.29, 0.717) is 12.3 Å². The fraction of sp³-hybridized carbons (Fsp3) is 0.231. The van der Waals surface area contributed by atoms with Crippen LogP contribution in [0, 0.1) is 3.57 Å². The summed E-state index contributed by atoms with van der Waals surface area (Å²) in [6.07, 6.45) is 1.78. The van der Waals surface area contributed by atoms with Gasteiger partial charge in [0.1, 0.15) is 5.75 Å². The Balaban J connectivity index is 2.36. The Hall–Kier alpha value is -1.57. The predicted molar refractivity (Wildman–Crippen MR) is 78.8 cm³/mol. The van der Waals surface area contributed by atoms with Crippen molar-refractivity contribution >= 4 is 28.6 Å². The van der Waals surface area contributed by atoms with Gasteiger partial charge in [0.15, 0.2) is 5.69 Å². The number of halogens is 1. The third-order valence-electron chi connectivity index (χ3n) is 2.46. The van der Waals surface area contributed by atoms with Gasteiger partial charge in [-0.1, -0.05) is 6.07 Å². The van der Waals surface area contributed by atoms with Crippen molar-refractivity contribution in [2.75, 3.05) is 13.7 Å². The Labute approximate surface area is 124 Å². The average Bonchev–Trinajstić information content (AvgIpc) is 2.81. The van der Waals surface area contributed by atoms with Crippen LogP contribution in [0.5, 0.6) is 5.75 Å². The fourth-order valence-electron chi connectivity index (χ4n) is 1.58. The second-order valence-electron chi connectivity index (χ2n) is 3.69. The summed E-state index contributed by atoms with van der Waals surface area (Å²) in [5.41, 5.74) is 1.15. The number of carbonyl (C=O) groups is 1. The van der Waals surface area contributed by atoms with Crippen molar-refractivity contribution in [2.24, 2.45) is 0 Å². The summed E-state index contributed by atoms with van der Waals surface area (Å²) >= 11 is 2.07. The summed E-state index contributed by atoms with van der Waals surface area (Å²) in [6.45, 7) is 2.10. The summed E-state index contributed by atoms with van der Waals surface area (Å²) in [7, 11) is 1.61. The number of carbonyl (C=O) groups excluding carboxylic acids is 1. The zero-order chi connectivity index (χ0) is 13.8. The number of aromatic nitrogens is 2. The lowest BCUT2D eigenvalue weighted by atomic mass is 10.3. The van der Waals surface area contributed by atoms with Crippen LogP contribution in [-0.2, 0) is 4.74 Å². The van der Waals surface area contributed by atoms with Gasteiger partial charge in [-0.2, -0.15) is 5.10 Å². The van der Waals surface area contributed by atoms with Crippen LogP contribution >= 0.6 is 22.6 Å². The topological polar surface area (TPSA) is 53.3 Å². The van der Waals surface area contributed by atoms with Crippen LogP contribution in [0.4, 0.5) is 0 Å². The number of methoxy groups -OCH3 is 1. The number of hydrogen-bond donors (Lipinski definition) is 0. The van der Waals surface area contributed by atoms with Crippen molar-refractivity contribution in [2.45, 2.75) is 6.92 Å². The summed E-state index contributed by atoms with van der Waals surface area (Å²) in [4.78, 5) is 11.7. The van der Waals surface area contributed by atoms with Crippen molar-refractivity contribution in [1.29, 1.82) is 0 Å². The first-order valence-corrected chi connectivity index (χ1v) is 6.80. The summed E-state index contributed by atoms with van der Waals surface area (Å²) in [5, 5.41) is 4.25. The summed E-state index contributed by atoms with van der Waals surface area (Å²) in [6, 6.07) is 7.45. The molecule has 1 aromatic heterocycles. The molecule has 0 aliphatic carbocycles. The maximum Gasteiger partial charge on any atom is 0.359 e. The molecule has 0 spiro atoms. The molecule has 0 fully saturated rings. The monoisotopic (exact) mass is 372 g/mol.